The number of anilines is 1. The van der Waals surface area contributed by atoms with Crippen LogP contribution in [0.25, 0.3) is 16.1 Å². The van der Waals surface area contributed by atoms with E-state index in [0.29, 0.717) is 11.4 Å². The molecular formula is C22H21N3OS. The normalized spacial score (nSPS) is 11.7. The molecule has 136 valence electrons. The van der Waals surface area contributed by atoms with E-state index in [1.165, 1.54) is 10.4 Å². The molecule has 0 spiro atoms. The second-order valence-electron chi connectivity index (χ2n) is 7.57. The molecule has 5 heteroatoms. The number of aromatic nitrogens is 2. The number of carbonyl (C=O) groups excluding carboxylic acids is 1. The predicted molar refractivity (Wildman–Crippen MR) is 112 cm³/mol. The number of pyridine rings is 1. The molecule has 1 N–H and O–H groups in total. The third-order valence-electron chi connectivity index (χ3n) is 4.51. The fraction of sp³-hybridized carbons (Fsp3) is 0.182. The highest BCUT2D eigenvalue weighted by molar-refractivity contribution is 7.13. The highest BCUT2D eigenvalue weighted by atomic mass is 32.1. The molecule has 4 nitrogen and oxygen atoms in total. The van der Waals surface area contributed by atoms with Crippen molar-refractivity contribution >= 4 is 28.7 Å². The number of nitrogens with one attached hydrogen (secondary N) is 1. The molecule has 4 aromatic rings. The summed E-state index contributed by atoms with van der Waals surface area (Å²) in [6, 6.07) is 15.9. The Balaban J connectivity index is 1.55. The molecule has 3 aromatic heterocycles. The number of nitrogens with zero attached hydrogens (tertiary/aromatic N) is 2. The van der Waals surface area contributed by atoms with E-state index in [0.717, 1.165) is 11.2 Å². The fourth-order valence-corrected chi connectivity index (χ4v) is 3.67. The standard InChI is InChI=1S/C22H21N3OS/c1-22(2,3)17-9-6-15(7-10-17)21(26)24-19-14-25-13-16(8-11-20(25)23-19)18-5-4-12-27-18/h4-14H,1-3H3,(H,24,26). The summed E-state index contributed by atoms with van der Waals surface area (Å²) in [6.07, 6.45) is 3.87. The third kappa shape index (κ3) is 3.64. The SMILES string of the molecule is CC(C)(C)c1ccc(C(=O)Nc2cn3cc(-c4cccs4)ccc3n2)cc1. The summed E-state index contributed by atoms with van der Waals surface area (Å²) in [5.74, 6) is 0.389. The zero-order valence-corrected chi connectivity index (χ0v) is 16.4. The Hall–Kier alpha value is -2.92. The van der Waals surface area contributed by atoms with Crippen LogP contribution in [0.1, 0.15) is 36.7 Å². The van der Waals surface area contributed by atoms with Crippen LogP contribution in [-0.4, -0.2) is 15.3 Å². The quantitative estimate of drug-likeness (QED) is 0.506. The summed E-state index contributed by atoms with van der Waals surface area (Å²) >= 11 is 1.70. The van der Waals surface area contributed by atoms with E-state index >= 15 is 0 Å². The van der Waals surface area contributed by atoms with E-state index < -0.39 is 0 Å². The molecule has 0 radical (unpaired) electrons. The topological polar surface area (TPSA) is 46.4 Å². The molecule has 0 unspecified atom stereocenters. The molecule has 3 heterocycles. The summed E-state index contributed by atoms with van der Waals surface area (Å²) in [6.45, 7) is 6.47. The monoisotopic (exact) mass is 375 g/mol. The summed E-state index contributed by atoms with van der Waals surface area (Å²) in [5.41, 5.74) is 3.82. The van der Waals surface area contributed by atoms with Crippen molar-refractivity contribution in [2.75, 3.05) is 5.32 Å². The maximum absolute atomic E-state index is 12.5. The van der Waals surface area contributed by atoms with Gasteiger partial charge in [-0.1, -0.05) is 39.0 Å². The Morgan fingerprint density at radius 3 is 2.48 bits per heavy atom. The number of hydrogen-bond donors (Lipinski definition) is 1. The minimum atomic E-state index is -0.155. The lowest BCUT2D eigenvalue weighted by Gasteiger charge is -2.18. The van der Waals surface area contributed by atoms with Gasteiger partial charge in [-0.2, -0.15) is 0 Å². The molecule has 0 saturated heterocycles. The highest BCUT2D eigenvalue weighted by Crippen LogP contribution is 2.26. The number of hydrogen-bond acceptors (Lipinski definition) is 3. The van der Waals surface area contributed by atoms with Gasteiger partial charge in [0, 0.05) is 22.2 Å². The second-order valence-corrected chi connectivity index (χ2v) is 8.52. The van der Waals surface area contributed by atoms with Gasteiger partial charge in [0.05, 0.1) is 6.20 Å². The first kappa shape index (κ1) is 17.5. The van der Waals surface area contributed by atoms with Gasteiger partial charge in [-0.3, -0.25) is 4.79 Å². The molecule has 0 aliphatic heterocycles. The van der Waals surface area contributed by atoms with E-state index in [1.54, 1.807) is 11.3 Å². The summed E-state index contributed by atoms with van der Waals surface area (Å²) in [5, 5.41) is 4.95. The van der Waals surface area contributed by atoms with Crippen LogP contribution in [0.3, 0.4) is 0 Å². The van der Waals surface area contributed by atoms with Crippen LogP contribution in [0.5, 0.6) is 0 Å². The Kier molecular flexibility index (Phi) is 4.32. The van der Waals surface area contributed by atoms with Crippen molar-refractivity contribution in [1.82, 2.24) is 9.38 Å². The van der Waals surface area contributed by atoms with Crippen LogP contribution in [0.4, 0.5) is 5.82 Å². The number of thiophene rings is 1. The Bertz CT molecular complexity index is 1090. The third-order valence-corrected chi connectivity index (χ3v) is 5.43. The van der Waals surface area contributed by atoms with Crippen molar-refractivity contribution in [1.29, 1.82) is 0 Å². The summed E-state index contributed by atoms with van der Waals surface area (Å²) in [7, 11) is 0. The average molecular weight is 375 g/mol. The molecule has 1 aromatic carbocycles. The first-order chi connectivity index (χ1) is 12.9. The number of fused-ring (bicyclic) bond motifs is 1. The molecule has 0 saturated carbocycles. The van der Waals surface area contributed by atoms with Gasteiger partial charge in [-0.05, 0) is 46.7 Å². The van der Waals surface area contributed by atoms with Crippen LogP contribution in [0, 0.1) is 0 Å². The first-order valence-corrected chi connectivity index (χ1v) is 9.73. The van der Waals surface area contributed by atoms with Gasteiger partial charge in [0.1, 0.15) is 5.65 Å². The zero-order chi connectivity index (χ0) is 19.0. The lowest BCUT2D eigenvalue weighted by molar-refractivity contribution is 0.102. The van der Waals surface area contributed by atoms with Gasteiger partial charge in [0.15, 0.2) is 5.82 Å². The summed E-state index contributed by atoms with van der Waals surface area (Å²) < 4.78 is 1.94. The molecule has 1 amide bonds. The van der Waals surface area contributed by atoms with E-state index in [2.05, 4.69) is 42.5 Å². The van der Waals surface area contributed by atoms with Crippen LogP contribution >= 0.6 is 11.3 Å². The smallest absolute Gasteiger partial charge is 0.256 e. The first-order valence-electron chi connectivity index (χ1n) is 8.85. The second kappa shape index (κ2) is 6.67. The van der Waals surface area contributed by atoms with Crippen molar-refractivity contribution in [3.63, 3.8) is 0 Å². The predicted octanol–water partition coefficient (Wildman–Crippen LogP) is 5.61. The van der Waals surface area contributed by atoms with Gasteiger partial charge in [-0.15, -0.1) is 11.3 Å². The van der Waals surface area contributed by atoms with E-state index in [1.807, 2.05) is 59.3 Å². The molecule has 0 aliphatic carbocycles. The maximum atomic E-state index is 12.5. The average Bonchev–Trinajstić information content (AvgIpc) is 3.29. The largest absolute Gasteiger partial charge is 0.305 e. The highest BCUT2D eigenvalue weighted by Gasteiger charge is 2.15. The van der Waals surface area contributed by atoms with Crippen LogP contribution in [0.15, 0.2) is 66.3 Å². The number of carbonyl (C=O) groups is 1. The number of imidazole rings is 1. The fourth-order valence-electron chi connectivity index (χ4n) is 2.95. The number of amides is 1. The molecular weight excluding hydrogens is 354 g/mol. The van der Waals surface area contributed by atoms with Gasteiger partial charge in [0.2, 0.25) is 0 Å². The van der Waals surface area contributed by atoms with Gasteiger partial charge < -0.3 is 9.72 Å². The Labute approximate surface area is 162 Å². The summed E-state index contributed by atoms with van der Waals surface area (Å²) in [4.78, 5) is 18.2. The molecule has 0 aliphatic rings. The molecule has 0 bridgehead atoms. The van der Waals surface area contributed by atoms with E-state index in [4.69, 9.17) is 0 Å². The lowest BCUT2D eigenvalue weighted by atomic mass is 9.87. The van der Waals surface area contributed by atoms with Gasteiger partial charge in [-0.25, -0.2) is 4.98 Å². The Morgan fingerprint density at radius 1 is 1.04 bits per heavy atom. The molecule has 0 atom stereocenters. The van der Waals surface area contributed by atoms with Crippen molar-refractivity contribution in [3.05, 3.63) is 77.4 Å². The van der Waals surface area contributed by atoms with Crippen molar-refractivity contribution in [2.24, 2.45) is 0 Å². The lowest BCUT2D eigenvalue weighted by Crippen LogP contribution is -2.14. The van der Waals surface area contributed by atoms with Gasteiger partial charge in [0.25, 0.3) is 5.91 Å². The maximum Gasteiger partial charge on any atom is 0.256 e. The minimum absolute atomic E-state index is 0.0663. The molecule has 4 rings (SSSR count). The van der Waals surface area contributed by atoms with Gasteiger partial charge >= 0.3 is 0 Å². The zero-order valence-electron chi connectivity index (χ0n) is 15.6. The van der Waals surface area contributed by atoms with E-state index in [9.17, 15) is 4.79 Å². The number of rotatable bonds is 3. The van der Waals surface area contributed by atoms with Crippen molar-refractivity contribution in [3.8, 4) is 10.4 Å². The van der Waals surface area contributed by atoms with Crippen molar-refractivity contribution < 1.29 is 4.79 Å². The molecule has 27 heavy (non-hydrogen) atoms. The van der Waals surface area contributed by atoms with Crippen LogP contribution < -0.4 is 5.32 Å². The minimum Gasteiger partial charge on any atom is -0.305 e. The number of benzene rings is 1. The van der Waals surface area contributed by atoms with Crippen LogP contribution in [-0.2, 0) is 5.41 Å². The Morgan fingerprint density at radius 2 is 1.81 bits per heavy atom. The van der Waals surface area contributed by atoms with Crippen LogP contribution in [0.2, 0.25) is 0 Å². The molecule has 0 fully saturated rings. The van der Waals surface area contributed by atoms with E-state index in [-0.39, 0.29) is 11.3 Å². The van der Waals surface area contributed by atoms with Crippen molar-refractivity contribution in [2.45, 2.75) is 26.2 Å².